The van der Waals surface area contributed by atoms with Crippen molar-refractivity contribution in [2.45, 2.75) is 44.9 Å². The molecule has 4 rings (SSSR count). The molecule has 1 N–H and O–H groups in total. The van der Waals surface area contributed by atoms with E-state index in [1.165, 1.54) is 12.1 Å². The second kappa shape index (κ2) is 9.77. The Morgan fingerprint density at radius 3 is 2.88 bits per heavy atom. The lowest BCUT2D eigenvalue weighted by atomic mass is 9.75. The summed E-state index contributed by atoms with van der Waals surface area (Å²) in [6, 6.07) is 9.96. The number of ether oxygens (including phenoxy) is 1. The third-order valence-corrected chi connectivity index (χ3v) is 5.98. The zero-order chi connectivity index (χ0) is 23.4. The highest BCUT2D eigenvalue weighted by molar-refractivity contribution is 6.03. The predicted octanol–water partition coefficient (Wildman–Crippen LogP) is 4.13. The van der Waals surface area contributed by atoms with E-state index in [9.17, 15) is 19.7 Å². The number of carbonyl (C=O) groups is 2. The summed E-state index contributed by atoms with van der Waals surface area (Å²) >= 11 is 0. The van der Waals surface area contributed by atoms with Gasteiger partial charge in [-0.25, -0.2) is 4.79 Å². The molecular formula is C25H25N3O5. The van der Waals surface area contributed by atoms with E-state index in [1.807, 2.05) is 12.1 Å². The van der Waals surface area contributed by atoms with Crippen LogP contribution in [0.4, 0.5) is 5.69 Å². The highest BCUT2D eigenvalue weighted by atomic mass is 16.6. The summed E-state index contributed by atoms with van der Waals surface area (Å²) in [5.74, 6) is -1.26. The van der Waals surface area contributed by atoms with E-state index >= 15 is 0 Å². The van der Waals surface area contributed by atoms with Gasteiger partial charge in [0.05, 0.1) is 17.1 Å². The SMILES string of the molecule is CC1=C(C(=O)OCCCc2cccnc2)C(c2cccc([N+](=O)[O-])c2)C2=C(CCCC2=O)N1. The summed E-state index contributed by atoms with van der Waals surface area (Å²) < 4.78 is 5.59. The number of aryl methyl sites for hydroxylation is 1. The summed E-state index contributed by atoms with van der Waals surface area (Å²) in [6.07, 6.45) is 6.65. The van der Waals surface area contributed by atoms with Crippen LogP contribution in [0.1, 0.15) is 49.7 Å². The number of Topliss-reactive ketones (excluding diaryl/α,β-unsaturated/α-hetero) is 1. The number of rotatable bonds is 7. The molecule has 0 spiro atoms. The fourth-order valence-electron chi connectivity index (χ4n) is 4.47. The number of nitro groups is 1. The van der Waals surface area contributed by atoms with Crippen molar-refractivity contribution in [2.75, 3.05) is 6.61 Å². The number of hydrogen-bond donors (Lipinski definition) is 1. The van der Waals surface area contributed by atoms with Crippen molar-refractivity contribution >= 4 is 17.4 Å². The minimum atomic E-state index is -0.695. The van der Waals surface area contributed by atoms with Gasteiger partial charge in [-0.05, 0) is 49.8 Å². The molecule has 0 saturated carbocycles. The van der Waals surface area contributed by atoms with Gasteiger partial charge in [0.1, 0.15) is 0 Å². The number of carbonyl (C=O) groups excluding carboxylic acids is 2. The predicted molar refractivity (Wildman–Crippen MR) is 121 cm³/mol. The summed E-state index contributed by atoms with van der Waals surface area (Å²) in [7, 11) is 0. The van der Waals surface area contributed by atoms with Gasteiger partial charge in [0.2, 0.25) is 0 Å². The molecule has 0 amide bonds. The van der Waals surface area contributed by atoms with Crippen LogP contribution in [0.2, 0.25) is 0 Å². The van der Waals surface area contributed by atoms with Gasteiger partial charge < -0.3 is 10.1 Å². The third-order valence-electron chi connectivity index (χ3n) is 5.98. The Bertz CT molecular complexity index is 1150. The molecule has 8 nitrogen and oxygen atoms in total. The smallest absolute Gasteiger partial charge is 0.336 e. The molecule has 1 aliphatic heterocycles. The van der Waals surface area contributed by atoms with E-state index < -0.39 is 16.8 Å². The van der Waals surface area contributed by atoms with Gasteiger partial charge in [0, 0.05) is 53.8 Å². The Labute approximate surface area is 191 Å². The Morgan fingerprint density at radius 2 is 2.12 bits per heavy atom. The first-order chi connectivity index (χ1) is 16.0. The van der Waals surface area contributed by atoms with Crippen molar-refractivity contribution in [3.8, 4) is 0 Å². The van der Waals surface area contributed by atoms with Crippen molar-refractivity contribution in [2.24, 2.45) is 0 Å². The number of nitrogens with one attached hydrogen (secondary N) is 1. The van der Waals surface area contributed by atoms with Crippen LogP contribution in [0.25, 0.3) is 0 Å². The topological polar surface area (TPSA) is 111 Å². The third kappa shape index (κ3) is 4.84. The molecule has 2 aliphatic rings. The van der Waals surface area contributed by atoms with E-state index in [-0.39, 0.29) is 18.1 Å². The van der Waals surface area contributed by atoms with E-state index in [0.717, 1.165) is 24.1 Å². The molecule has 8 heteroatoms. The van der Waals surface area contributed by atoms with Gasteiger partial charge in [-0.2, -0.15) is 0 Å². The van der Waals surface area contributed by atoms with Crippen LogP contribution < -0.4 is 5.32 Å². The number of benzene rings is 1. The minimum Gasteiger partial charge on any atom is -0.462 e. The second-order valence-electron chi connectivity index (χ2n) is 8.22. The number of nitrogens with zero attached hydrogens (tertiary/aromatic N) is 2. The van der Waals surface area contributed by atoms with Crippen LogP contribution in [-0.2, 0) is 20.7 Å². The van der Waals surface area contributed by atoms with Crippen molar-refractivity contribution in [1.29, 1.82) is 0 Å². The first-order valence-corrected chi connectivity index (χ1v) is 11.0. The van der Waals surface area contributed by atoms with Crippen LogP contribution in [0.5, 0.6) is 0 Å². The zero-order valence-corrected chi connectivity index (χ0v) is 18.4. The normalized spacial score (nSPS) is 18.0. The average Bonchev–Trinajstić information content (AvgIpc) is 2.81. The molecule has 0 fully saturated rings. The van der Waals surface area contributed by atoms with Gasteiger partial charge in [-0.3, -0.25) is 19.9 Å². The summed E-state index contributed by atoms with van der Waals surface area (Å²) in [5.41, 5.74) is 3.74. The summed E-state index contributed by atoms with van der Waals surface area (Å²) in [4.78, 5) is 41.1. The number of hydrogen-bond acceptors (Lipinski definition) is 7. The van der Waals surface area contributed by atoms with Crippen molar-refractivity contribution < 1.29 is 19.2 Å². The van der Waals surface area contributed by atoms with Crippen molar-refractivity contribution in [3.05, 3.63) is 92.6 Å². The maximum absolute atomic E-state index is 13.2. The minimum absolute atomic E-state index is 0.0466. The largest absolute Gasteiger partial charge is 0.462 e. The molecule has 2 aromatic rings. The highest BCUT2D eigenvalue weighted by Gasteiger charge is 2.39. The van der Waals surface area contributed by atoms with Gasteiger partial charge >= 0.3 is 5.97 Å². The fraction of sp³-hybridized carbons (Fsp3) is 0.320. The Morgan fingerprint density at radius 1 is 1.27 bits per heavy atom. The Kier molecular flexibility index (Phi) is 6.63. The van der Waals surface area contributed by atoms with Gasteiger partial charge in [-0.15, -0.1) is 0 Å². The Hall–Kier alpha value is -3.81. The van der Waals surface area contributed by atoms with Gasteiger partial charge in [0.15, 0.2) is 5.78 Å². The van der Waals surface area contributed by atoms with Crippen LogP contribution in [0.3, 0.4) is 0 Å². The second-order valence-corrected chi connectivity index (χ2v) is 8.22. The molecule has 1 unspecified atom stereocenters. The lowest BCUT2D eigenvalue weighted by Crippen LogP contribution is -2.34. The lowest BCUT2D eigenvalue weighted by molar-refractivity contribution is -0.384. The molecule has 170 valence electrons. The van der Waals surface area contributed by atoms with E-state index in [2.05, 4.69) is 10.3 Å². The Balaban J connectivity index is 1.60. The lowest BCUT2D eigenvalue weighted by Gasteiger charge is -2.34. The van der Waals surface area contributed by atoms with Crippen LogP contribution in [-0.4, -0.2) is 28.3 Å². The molecule has 1 aromatic carbocycles. The molecular weight excluding hydrogens is 422 g/mol. The van der Waals surface area contributed by atoms with Gasteiger partial charge in [0.25, 0.3) is 5.69 Å². The monoisotopic (exact) mass is 447 g/mol. The quantitative estimate of drug-likeness (QED) is 0.294. The zero-order valence-electron chi connectivity index (χ0n) is 18.4. The first kappa shape index (κ1) is 22.4. The van der Waals surface area contributed by atoms with Gasteiger partial charge in [-0.1, -0.05) is 18.2 Å². The van der Waals surface area contributed by atoms with Crippen LogP contribution >= 0.6 is 0 Å². The molecule has 0 saturated heterocycles. The fourth-order valence-corrected chi connectivity index (χ4v) is 4.47. The van der Waals surface area contributed by atoms with Crippen LogP contribution in [0.15, 0.2) is 71.3 Å². The van der Waals surface area contributed by atoms with Crippen molar-refractivity contribution in [1.82, 2.24) is 10.3 Å². The number of pyridine rings is 1. The average molecular weight is 447 g/mol. The van der Waals surface area contributed by atoms with E-state index in [1.54, 1.807) is 31.5 Å². The molecule has 1 atom stereocenters. The number of esters is 1. The summed E-state index contributed by atoms with van der Waals surface area (Å²) in [6.45, 7) is 1.99. The number of nitro benzene ring substituents is 1. The van der Waals surface area contributed by atoms with E-state index in [0.29, 0.717) is 41.7 Å². The summed E-state index contributed by atoms with van der Waals surface area (Å²) in [5, 5.41) is 14.6. The molecule has 0 radical (unpaired) electrons. The highest BCUT2D eigenvalue weighted by Crippen LogP contribution is 2.43. The van der Waals surface area contributed by atoms with Crippen molar-refractivity contribution in [3.63, 3.8) is 0 Å². The van der Waals surface area contributed by atoms with Crippen LogP contribution in [0, 0.1) is 10.1 Å². The molecule has 0 bridgehead atoms. The maximum atomic E-state index is 13.2. The molecule has 1 aliphatic carbocycles. The molecule has 33 heavy (non-hydrogen) atoms. The number of aromatic nitrogens is 1. The molecule has 1 aromatic heterocycles. The first-order valence-electron chi connectivity index (χ1n) is 11.0. The number of ketones is 1. The molecule has 2 heterocycles. The standard InChI is InChI=1S/C25H25N3O5/c1-16-22(25(30)33-13-5-7-17-6-4-12-26-15-17)23(18-8-2-9-19(14-18)28(31)32)24-20(27-16)10-3-11-21(24)29/h2,4,6,8-9,12,14-15,23,27H,3,5,7,10-11,13H2,1H3. The maximum Gasteiger partial charge on any atom is 0.336 e. The number of non-ortho nitro benzene ring substituents is 1. The van der Waals surface area contributed by atoms with E-state index in [4.69, 9.17) is 4.74 Å². The number of dihydropyridines is 1. The number of allylic oxidation sites excluding steroid dienone is 3.